The highest BCUT2D eigenvalue weighted by Crippen LogP contribution is 2.23. The van der Waals surface area contributed by atoms with Crippen molar-refractivity contribution in [1.82, 2.24) is 0 Å². The number of nitrogens with one attached hydrogen (secondary N) is 2. The summed E-state index contributed by atoms with van der Waals surface area (Å²) in [6.45, 7) is 6.77. The summed E-state index contributed by atoms with van der Waals surface area (Å²) in [7, 11) is 0. The summed E-state index contributed by atoms with van der Waals surface area (Å²) in [6.07, 6.45) is 2.24. The summed E-state index contributed by atoms with van der Waals surface area (Å²) < 4.78 is 5.83. The fraction of sp³-hybridized carbons (Fsp3) is 0.368. The van der Waals surface area contributed by atoms with E-state index >= 15 is 0 Å². The molecule has 22 heavy (non-hydrogen) atoms. The molecule has 0 bridgehead atoms. The minimum Gasteiger partial charge on any atom is -0.491 e. The Morgan fingerprint density at radius 3 is 2.59 bits per heavy atom. The molecule has 0 spiro atoms. The molecule has 0 heterocycles. The molecule has 0 atom stereocenters. The summed E-state index contributed by atoms with van der Waals surface area (Å²) in [5.74, 6) is 0.937. The molecule has 3 nitrogen and oxygen atoms in total. The van der Waals surface area contributed by atoms with Gasteiger partial charge in [0.25, 0.3) is 0 Å². The average Bonchev–Trinajstić information content (AvgIpc) is 2.53. The minimum atomic E-state index is 0.775. The fourth-order valence-electron chi connectivity index (χ4n) is 2.22. The van der Waals surface area contributed by atoms with Crippen molar-refractivity contribution < 1.29 is 4.74 Å². The van der Waals surface area contributed by atoms with Crippen molar-refractivity contribution in [2.24, 2.45) is 0 Å². The summed E-state index contributed by atoms with van der Waals surface area (Å²) in [4.78, 5) is 0. The Morgan fingerprint density at radius 1 is 0.955 bits per heavy atom. The monoisotopic (exact) mass is 298 g/mol. The van der Waals surface area contributed by atoms with Crippen molar-refractivity contribution in [2.45, 2.75) is 26.7 Å². The van der Waals surface area contributed by atoms with Crippen LogP contribution in [0.4, 0.5) is 11.4 Å². The van der Waals surface area contributed by atoms with Gasteiger partial charge in [0, 0.05) is 18.8 Å². The van der Waals surface area contributed by atoms with Gasteiger partial charge >= 0.3 is 0 Å². The predicted molar refractivity (Wildman–Crippen MR) is 95.0 cm³/mol. The van der Waals surface area contributed by atoms with Crippen LogP contribution in [0.3, 0.4) is 0 Å². The van der Waals surface area contributed by atoms with Gasteiger partial charge in [-0.15, -0.1) is 0 Å². The van der Waals surface area contributed by atoms with Gasteiger partial charge in [0.2, 0.25) is 0 Å². The van der Waals surface area contributed by atoms with E-state index in [1.807, 2.05) is 18.2 Å². The molecule has 0 saturated heterocycles. The van der Waals surface area contributed by atoms with Crippen LogP contribution in [0.15, 0.2) is 48.5 Å². The number of hydrogen-bond donors (Lipinski definition) is 2. The zero-order valence-corrected chi connectivity index (χ0v) is 13.6. The van der Waals surface area contributed by atoms with E-state index in [9.17, 15) is 0 Å². The summed E-state index contributed by atoms with van der Waals surface area (Å²) >= 11 is 0. The lowest BCUT2D eigenvalue weighted by Crippen LogP contribution is -2.14. The molecule has 0 aliphatic carbocycles. The molecular weight excluding hydrogens is 272 g/mol. The van der Waals surface area contributed by atoms with E-state index in [0.717, 1.165) is 49.7 Å². The summed E-state index contributed by atoms with van der Waals surface area (Å²) in [6, 6.07) is 16.5. The topological polar surface area (TPSA) is 33.3 Å². The first kappa shape index (κ1) is 16.2. The highest BCUT2D eigenvalue weighted by Gasteiger charge is 2.01. The van der Waals surface area contributed by atoms with Crippen LogP contribution >= 0.6 is 0 Å². The van der Waals surface area contributed by atoms with Crippen molar-refractivity contribution in [2.75, 3.05) is 30.3 Å². The number of rotatable bonds is 9. The van der Waals surface area contributed by atoms with Crippen molar-refractivity contribution >= 4 is 11.4 Å². The molecule has 2 rings (SSSR count). The van der Waals surface area contributed by atoms with Crippen molar-refractivity contribution in [1.29, 1.82) is 0 Å². The Bertz CT molecular complexity index is 569. The van der Waals surface area contributed by atoms with E-state index < -0.39 is 0 Å². The molecule has 0 aliphatic heterocycles. The number of para-hydroxylation sites is 2. The lowest BCUT2D eigenvalue weighted by molar-refractivity contribution is 0.311. The van der Waals surface area contributed by atoms with Gasteiger partial charge in [-0.05, 0) is 43.2 Å². The van der Waals surface area contributed by atoms with Crippen LogP contribution in [0.1, 0.15) is 25.3 Å². The predicted octanol–water partition coefficient (Wildman–Crippen LogP) is 4.70. The van der Waals surface area contributed by atoms with Crippen LogP contribution in [-0.4, -0.2) is 19.7 Å². The van der Waals surface area contributed by atoms with E-state index in [0.29, 0.717) is 0 Å². The summed E-state index contributed by atoms with van der Waals surface area (Å²) in [5.41, 5.74) is 3.49. The molecule has 0 unspecified atom stereocenters. The van der Waals surface area contributed by atoms with Gasteiger partial charge < -0.3 is 15.4 Å². The molecule has 2 N–H and O–H groups in total. The second-order valence-corrected chi connectivity index (χ2v) is 5.42. The third-order valence-corrected chi connectivity index (χ3v) is 3.43. The van der Waals surface area contributed by atoms with Crippen molar-refractivity contribution in [3.05, 3.63) is 54.1 Å². The van der Waals surface area contributed by atoms with Crippen molar-refractivity contribution in [3.63, 3.8) is 0 Å². The molecule has 0 amide bonds. The molecule has 118 valence electrons. The second-order valence-electron chi connectivity index (χ2n) is 5.42. The van der Waals surface area contributed by atoms with Crippen LogP contribution in [0.25, 0.3) is 0 Å². The van der Waals surface area contributed by atoms with Gasteiger partial charge in [0.15, 0.2) is 0 Å². The Balaban J connectivity index is 1.79. The van der Waals surface area contributed by atoms with Crippen LogP contribution < -0.4 is 15.4 Å². The molecule has 0 saturated carbocycles. The van der Waals surface area contributed by atoms with Gasteiger partial charge in [0.1, 0.15) is 5.75 Å². The maximum atomic E-state index is 5.83. The van der Waals surface area contributed by atoms with Gasteiger partial charge in [-0.3, -0.25) is 0 Å². The lowest BCUT2D eigenvalue weighted by Gasteiger charge is -2.14. The van der Waals surface area contributed by atoms with Gasteiger partial charge in [0.05, 0.1) is 12.3 Å². The Kier molecular flexibility index (Phi) is 6.62. The SMILES string of the molecule is CCCCOc1ccccc1NCCNc1cccc(C)c1. The highest BCUT2D eigenvalue weighted by atomic mass is 16.5. The lowest BCUT2D eigenvalue weighted by atomic mass is 10.2. The maximum absolute atomic E-state index is 5.83. The smallest absolute Gasteiger partial charge is 0.142 e. The number of ether oxygens (including phenoxy) is 1. The van der Waals surface area contributed by atoms with Crippen LogP contribution in [-0.2, 0) is 0 Å². The standard InChI is InChI=1S/C19H26N2O/c1-3-4-14-22-19-11-6-5-10-18(19)21-13-12-20-17-9-7-8-16(2)15-17/h5-11,15,20-21H,3-4,12-14H2,1-2H3. The third-order valence-electron chi connectivity index (χ3n) is 3.43. The Morgan fingerprint density at radius 2 is 1.77 bits per heavy atom. The number of anilines is 2. The zero-order chi connectivity index (χ0) is 15.6. The molecule has 2 aromatic rings. The van der Waals surface area contributed by atoms with Gasteiger partial charge in [-0.25, -0.2) is 0 Å². The normalized spacial score (nSPS) is 10.3. The molecule has 0 aromatic heterocycles. The molecular formula is C19H26N2O. The number of benzene rings is 2. The van der Waals surface area contributed by atoms with Crippen LogP contribution in [0.2, 0.25) is 0 Å². The van der Waals surface area contributed by atoms with Gasteiger partial charge in [-0.1, -0.05) is 37.6 Å². The van der Waals surface area contributed by atoms with Crippen molar-refractivity contribution in [3.8, 4) is 5.75 Å². The van der Waals surface area contributed by atoms with Crippen LogP contribution in [0.5, 0.6) is 5.75 Å². The van der Waals surface area contributed by atoms with E-state index in [-0.39, 0.29) is 0 Å². The maximum Gasteiger partial charge on any atom is 0.142 e. The first-order valence-electron chi connectivity index (χ1n) is 8.06. The molecule has 0 radical (unpaired) electrons. The molecule has 3 heteroatoms. The Hall–Kier alpha value is -2.16. The van der Waals surface area contributed by atoms with E-state index in [1.54, 1.807) is 0 Å². The zero-order valence-electron chi connectivity index (χ0n) is 13.6. The first-order chi connectivity index (χ1) is 10.8. The quantitative estimate of drug-likeness (QED) is 0.658. The van der Waals surface area contributed by atoms with E-state index in [2.05, 4.69) is 54.8 Å². The number of unbranched alkanes of at least 4 members (excludes halogenated alkanes) is 1. The van der Waals surface area contributed by atoms with Crippen LogP contribution in [0, 0.1) is 6.92 Å². The second kappa shape index (κ2) is 8.98. The largest absolute Gasteiger partial charge is 0.491 e. The fourth-order valence-corrected chi connectivity index (χ4v) is 2.22. The first-order valence-corrected chi connectivity index (χ1v) is 8.06. The molecule has 0 fully saturated rings. The minimum absolute atomic E-state index is 0.775. The molecule has 0 aliphatic rings. The molecule has 2 aromatic carbocycles. The summed E-state index contributed by atoms with van der Waals surface area (Å²) in [5, 5.41) is 6.86. The van der Waals surface area contributed by atoms with Gasteiger partial charge in [-0.2, -0.15) is 0 Å². The Labute approximate surface area is 133 Å². The highest BCUT2D eigenvalue weighted by molar-refractivity contribution is 5.56. The van der Waals surface area contributed by atoms with E-state index in [4.69, 9.17) is 4.74 Å². The van der Waals surface area contributed by atoms with E-state index in [1.165, 1.54) is 5.56 Å². The average molecular weight is 298 g/mol. The third kappa shape index (κ3) is 5.32. The number of aryl methyl sites for hydroxylation is 1. The number of hydrogen-bond acceptors (Lipinski definition) is 3.